The van der Waals surface area contributed by atoms with Crippen LogP contribution in [0.5, 0.6) is 0 Å². The number of hydrogen-bond acceptors (Lipinski definition) is 6. The Kier molecular flexibility index (Phi) is 4.20. The van der Waals surface area contributed by atoms with E-state index >= 15 is 0 Å². The maximum atomic E-state index is 11.0. The highest BCUT2D eigenvalue weighted by molar-refractivity contribution is 5.88. The third-order valence-electron chi connectivity index (χ3n) is 3.42. The molecule has 1 aromatic rings. The largest absolute Gasteiger partial charge is 0.478 e. The van der Waals surface area contributed by atoms with E-state index in [-0.39, 0.29) is 11.6 Å². The van der Waals surface area contributed by atoms with Crippen LogP contribution in [-0.2, 0) is 0 Å². The highest BCUT2D eigenvalue weighted by atomic mass is 16.4. The highest BCUT2D eigenvalue weighted by Crippen LogP contribution is 2.23. The van der Waals surface area contributed by atoms with Gasteiger partial charge in [0, 0.05) is 25.3 Å². The molecule has 0 aromatic carbocycles. The van der Waals surface area contributed by atoms with E-state index in [1.807, 2.05) is 23.9 Å². The molecule has 2 unspecified atom stereocenters. The summed E-state index contributed by atoms with van der Waals surface area (Å²) < 4.78 is 0. The lowest BCUT2D eigenvalue weighted by atomic mass is 10.2. The maximum absolute atomic E-state index is 11.0. The van der Waals surface area contributed by atoms with Crippen LogP contribution in [-0.4, -0.2) is 70.4 Å². The summed E-state index contributed by atoms with van der Waals surface area (Å²) in [4.78, 5) is 23.4. The molecular formula is C13H20N4O3. The maximum Gasteiger partial charge on any atom is 0.339 e. The van der Waals surface area contributed by atoms with Crippen molar-refractivity contribution in [2.75, 3.05) is 32.1 Å². The first-order chi connectivity index (χ1) is 9.38. The molecule has 1 aliphatic rings. The van der Waals surface area contributed by atoms with E-state index in [9.17, 15) is 9.90 Å². The summed E-state index contributed by atoms with van der Waals surface area (Å²) in [5, 5.41) is 18.8. The minimum atomic E-state index is -1.03. The summed E-state index contributed by atoms with van der Waals surface area (Å²) in [5.41, 5.74) is 0.546. The molecule has 20 heavy (non-hydrogen) atoms. The molecule has 0 aliphatic carbocycles. The first kappa shape index (κ1) is 14.7. The number of aliphatic hydroxyl groups is 1. The number of rotatable bonds is 4. The first-order valence-electron chi connectivity index (χ1n) is 6.55. The van der Waals surface area contributed by atoms with Crippen LogP contribution in [0, 0.1) is 6.92 Å². The van der Waals surface area contributed by atoms with Crippen LogP contribution >= 0.6 is 0 Å². The number of carbonyl (C=O) groups is 1. The van der Waals surface area contributed by atoms with E-state index < -0.39 is 12.1 Å². The highest BCUT2D eigenvalue weighted by Gasteiger charge is 2.33. The Morgan fingerprint density at radius 1 is 1.55 bits per heavy atom. The number of hydrogen-bond donors (Lipinski definition) is 2. The average molecular weight is 280 g/mol. The van der Waals surface area contributed by atoms with Crippen molar-refractivity contribution in [3.05, 3.63) is 17.5 Å². The second-order valence-electron chi connectivity index (χ2n) is 5.43. The van der Waals surface area contributed by atoms with E-state index in [1.54, 1.807) is 6.92 Å². The van der Waals surface area contributed by atoms with Gasteiger partial charge in [-0.3, -0.25) is 0 Å². The van der Waals surface area contributed by atoms with Gasteiger partial charge in [-0.2, -0.15) is 0 Å². The molecule has 1 fully saturated rings. The number of nitrogens with zero attached hydrogens (tertiary/aromatic N) is 4. The Balaban J connectivity index is 2.25. The summed E-state index contributed by atoms with van der Waals surface area (Å²) >= 11 is 0. The Morgan fingerprint density at radius 3 is 2.80 bits per heavy atom. The summed E-state index contributed by atoms with van der Waals surface area (Å²) in [5.74, 6) is -0.545. The van der Waals surface area contributed by atoms with E-state index in [2.05, 4.69) is 9.97 Å². The summed E-state index contributed by atoms with van der Waals surface area (Å²) in [7, 11) is 3.95. The lowest BCUT2D eigenvalue weighted by Gasteiger charge is -2.26. The van der Waals surface area contributed by atoms with Crippen molar-refractivity contribution < 1.29 is 15.0 Å². The SMILES string of the molecule is Cc1nc(N2CC(O)CC2CN(C)C)ncc1C(=O)O. The van der Waals surface area contributed by atoms with E-state index in [0.29, 0.717) is 24.6 Å². The van der Waals surface area contributed by atoms with E-state index in [0.717, 1.165) is 6.54 Å². The van der Waals surface area contributed by atoms with Crippen LogP contribution in [0.15, 0.2) is 6.20 Å². The molecule has 1 saturated heterocycles. The quantitative estimate of drug-likeness (QED) is 0.801. The second kappa shape index (κ2) is 5.72. The fraction of sp³-hybridized carbons (Fsp3) is 0.615. The predicted octanol–water partition coefficient (Wildman–Crippen LogP) is -0.0156. The van der Waals surface area contributed by atoms with Gasteiger partial charge in [0.25, 0.3) is 0 Å². The number of β-amino-alcohol motifs (C(OH)–C–C–N with tert-alkyl or cyclic N) is 1. The Labute approximate surface area is 117 Å². The molecule has 7 nitrogen and oxygen atoms in total. The summed E-state index contributed by atoms with van der Waals surface area (Å²) in [6, 6.07) is 0.134. The minimum Gasteiger partial charge on any atom is -0.478 e. The van der Waals surface area contributed by atoms with Crippen molar-refractivity contribution in [2.45, 2.75) is 25.5 Å². The molecule has 2 heterocycles. The smallest absolute Gasteiger partial charge is 0.339 e. The topological polar surface area (TPSA) is 89.8 Å². The molecule has 0 bridgehead atoms. The molecule has 0 saturated carbocycles. The number of aliphatic hydroxyl groups excluding tert-OH is 1. The molecule has 2 atom stereocenters. The zero-order valence-electron chi connectivity index (χ0n) is 11.9. The molecular weight excluding hydrogens is 260 g/mol. The van der Waals surface area contributed by atoms with Gasteiger partial charge in [-0.05, 0) is 27.4 Å². The number of likely N-dealkylation sites (N-methyl/N-ethyl adjacent to an activating group) is 1. The van der Waals surface area contributed by atoms with Gasteiger partial charge in [-0.15, -0.1) is 0 Å². The first-order valence-corrected chi connectivity index (χ1v) is 6.55. The number of carboxylic acid groups (broad SMARTS) is 1. The van der Waals surface area contributed by atoms with Gasteiger partial charge in [-0.25, -0.2) is 14.8 Å². The molecule has 0 radical (unpaired) electrons. The molecule has 0 amide bonds. The van der Waals surface area contributed by atoms with E-state index in [1.165, 1.54) is 6.20 Å². The van der Waals surface area contributed by atoms with Crippen molar-refractivity contribution in [3.63, 3.8) is 0 Å². The van der Waals surface area contributed by atoms with Crippen molar-refractivity contribution in [1.29, 1.82) is 0 Å². The van der Waals surface area contributed by atoms with Crippen molar-refractivity contribution in [2.24, 2.45) is 0 Å². The van der Waals surface area contributed by atoms with Gasteiger partial charge >= 0.3 is 5.97 Å². The number of carboxylic acids is 1. The van der Waals surface area contributed by atoms with Crippen LogP contribution in [0.25, 0.3) is 0 Å². The molecule has 1 aromatic heterocycles. The van der Waals surface area contributed by atoms with Crippen molar-refractivity contribution in [3.8, 4) is 0 Å². The van der Waals surface area contributed by atoms with Gasteiger partial charge in [0.1, 0.15) is 0 Å². The van der Waals surface area contributed by atoms with Gasteiger partial charge < -0.3 is 20.0 Å². The third kappa shape index (κ3) is 3.05. The fourth-order valence-electron chi connectivity index (χ4n) is 2.53. The van der Waals surface area contributed by atoms with Crippen molar-refractivity contribution >= 4 is 11.9 Å². The average Bonchev–Trinajstić information content (AvgIpc) is 2.68. The van der Waals surface area contributed by atoms with Gasteiger partial charge in [0.05, 0.1) is 17.4 Å². The number of aromatic carboxylic acids is 1. The molecule has 2 rings (SSSR count). The van der Waals surface area contributed by atoms with Crippen LogP contribution in [0.2, 0.25) is 0 Å². The minimum absolute atomic E-state index is 0.109. The Morgan fingerprint density at radius 2 is 2.25 bits per heavy atom. The summed E-state index contributed by atoms with van der Waals surface area (Å²) in [6.45, 7) is 2.92. The molecule has 1 aliphatic heterocycles. The molecule has 110 valence electrons. The number of aromatic nitrogens is 2. The normalized spacial score (nSPS) is 22.6. The predicted molar refractivity (Wildman–Crippen MR) is 74.0 cm³/mol. The Hall–Kier alpha value is -1.73. The van der Waals surface area contributed by atoms with Gasteiger partial charge in [0.2, 0.25) is 5.95 Å². The Bertz CT molecular complexity index is 506. The fourth-order valence-corrected chi connectivity index (χ4v) is 2.53. The van der Waals surface area contributed by atoms with Crippen LogP contribution < -0.4 is 4.90 Å². The zero-order chi connectivity index (χ0) is 14.9. The standard InChI is InChI=1S/C13H20N4O3/c1-8-11(12(19)20)5-14-13(15-8)17-7-10(18)4-9(17)6-16(2)3/h5,9-10,18H,4,6-7H2,1-3H3,(H,19,20). The molecule has 0 spiro atoms. The number of aryl methyl sites for hydroxylation is 1. The zero-order valence-corrected chi connectivity index (χ0v) is 11.9. The van der Waals surface area contributed by atoms with Gasteiger partial charge in [0.15, 0.2) is 0 Å². The van der Waals surface area contributed by atoms with Crippen LogP contribution in [0.1, 0.15) is 22.5 Å². The summed E-state index contributed by atoms with van der Waals surface area (Å²) in [6.07, 6.45) is 1.60. The number of anilines is 1. The van der Waals surface area contributed by atoms with E-state index in [4.69, 9.17) is 5.11 Å². The van der Waals surface area contributed by atoms with Gasteiger partial charge in [-0.1, -0.05) is 0 Å². The van der Waals surface area contributed by atoms with Crippen LogP contribution in [0.3, 0.4) is 0 Å². The lowest BCUT2D eigenvalue weighted by Crippen LogP contribution is -2.38. The lowest BCUT2D eigenvalue weighted by molar-refractivity contribution is 0.0695. The van der Waals surface area contributed by atoms with Crippen LogP contribution in [0.4, 0.5) is 5.95 Å². The molecule has 7 heteroatoms. The molecule has 2 N–H and O–H groups in total. The third-order valence-corrected chi connectivity index (χ3v) is 3.42. The second-order valence-corrected chi connectivity index (χ2v) is 5.43. The monoisotopic (exact) mass is 280 g/mol. The van der Waals surface area contributed by atoms with Crippen molar-refractivity contribution in [1.82, 2.24) is 14.9 Å².